The van der Waals surface area contributed by atoms with E-state index in [0.29, 0.717) is 35.9 Å². The molecule has 0 N–H and O–H groups in total. The van der Waals surface area contributed by atoms with Crippen molar-refractivity contribution >= 4 is 11.9 Å². The average molecular weight is 390 g/mol. The van der Waals surface area contributed by atoms with Crippen LogP contribution in [0.25, 0.3) is 11.5 Å². The first-order valence-electron chi connectivity index (χ1n) is 9.66. The Kier molecular flexibility index (Phi) is 5.42. The SMILES string of the molecule is Cc1oc(-c2ccccc2)nc1COC(=O)c1ccc(CN2CCCC2=O)cc1. The van der Waals surface area contributed by atoms with E-state index in [4.69, 9.17) is 9.15 Å². The van der Waals surface area contributed by atoms with E-state index < -0.39 is 5.97 Å². The molecule has 6 nitrogen and oxygen atoms in total. The summed E-state index contributed by atoms with van der Waals surface area (Å²) in [6.45, 7) is 3.22. The first-order valence-corrected chi connectivity index (χ1v) is 9.66. The summed E-state index contributed by atoms with van der Waals surface area (Å²) in [5.74, 6) is 0.904. The number of likely N-dealkylation sites (tertiary alicyclic amines) is 1. The largest absolute Gasteiger partial charge is 0.455 e. The third-order valence-corrected chi connectivity index (χ3v) is 4.99. The molecule has 0 atom stereocenters. The van der Waals surface area contributed by atoms with Crippen molar-refractivity contribution in [2.45, 2.75) is 32.9 Å². The summed E-state index contributed by atoms with van der Waals surface area (Å²) in [5, 5.41) is 0. The Balaban J connectivity index is 1.36. The van der Waals surface area contributed by atoms with Crippen LogP contribution in [0.2, 0.25) is 0 Å². The van der Waals surface area contributed by atoms with Gasteiger partial charge in [0.2, 0.25) is 11.8 Å². The third-order valence-electron chi connectivity index (χ3n) is 4.99. The van der Waals surface area contributed by atoms with E-state index in [9.17, 15) is 9.59 Å². The third kappa shape index (κ3) is 4.37. The quantitative estimate of drug-likeness (QED) is 0.592. The number of oxazole rings is 1. The van der Waals surface area contributed by atoms with Crippen LogP contribution in [0, 0.1) is 6.92 Å². The molecule has 0 saturated carbocycles. The highest BCUT2D eigenvalue weighted by atomic mass is 16.5. The topological polar surface area (TPSA) is 72.6 Å². The summed E-state index contributed by atoms with van der Waals surface area (Å²) in [4.78, 5) is 30.4. The van der Waals surface area contributed by atoms with Gasteiger partial charge in [0.15, 0.2) is 0 Å². The summed E-state index contributed by atoms with van der Waals surface area (Å²) >= 11 is 0. The molecule has 1 amide bonds. The van der Waals surface area contributed by atoms with Gasteiger partial charge in [-0.15, -0.1) is 0 Å². The predicted molar refractivity (Wildman–Crippen MR) is 107 cm³/mol. The van der Waals surface area contributed by atoms with Gasteiger partial charge in [-0.25, -0.2) is 9.78 Å². The molecule has 1 saturated heterocycles. The van der Waals surface area contributed by atoms with E-state index >= 15 is 0 Å². The monoisotopic (exact) mass is 390 g/mol. The molecule has 6 heteroatoms. The van der Waals surface area contributed by atoms with Crippen LogP contribution >= 0.6 is 0 Å². The van der Waals surface area contributed by atoms with Crippen molar-refractivity contribution < 1.29 is 18.7 Å². The molecule has 0 spiro atoms. The molecule has 1 aliphatic rings. The zero-order chi connectivity index (χ0) is 20.2. The number of nitrogens with zero attached hydrogens (tertiary/aromatic N) is 2. The summed E-state index contributed by atoms with van der Waals surface area (Å²) in [6, 6.07) is 16.8. The molecular weight excluding hydrogens is 368 g/mol. The van der Waals surface area contributed by atoms with Gasteiger partial charge in [0.1, 0.15) is 18.1 Å². The number of benzene rings is 2. The van der Waals surface area contributed by atoms with Gasteiger partial charge in [0.05, 0.1) is 5.56 Å². The summed E-state index contributed by atoms with van der Waals surface area (Å²) in [5.41, 5.74) is 2.93. The Bertz CT molecular complexity index is 1010. The number of amides is 1. The number of aromatic nitrogens is 1. The van der Waals surface area contributed by atoms with Gasteiger partial charge in [-0.3, -0.25) is 4.79 Å². The second kappa shape index (κ2) is 8.31. The highest BCUT2D eigenvalue weighted by Crippen LogP contribution is 2.22. The van der Waals surface area contributed by atoms with Crippen molar-refractivity contribution in [3.05, 3.63) is 77.2 Å². The Hall–Kier alpha value is -3.41. The summed E-state index contributed by atoms with van der Waals surface area (Å²) in [6.07, 6.45) is 1.54. The molecule has 1 aromatic heterocycles. The number of carbonyl (C=O) groups excluding carboxylic acids is 2. The fourth-order valence-corrected chi connectivity index (χ4v) is 3.32. The van der Waals surface area contributed by atoms with E-state index in [2.05, 4.69) is 4.98 Å². The van der Waals surface area contributed by atoms with Crippen LogP contribution in [0.1, 0.15) is 40.2 Å². The molecule has 2 aromatic carbocycles. The predicted octanol–water partition coefficient (Wildman–Crippen LogP) is 4.13. The summed E-state index contributed by atoms with van der Waals surface area (Å²) < 4.78 is 11.1. The van der Waals surface area contributed by atoms with Gasteiger partial charge in [0, 0.05) is 25.1 Å². The minimum absolute atomic E-state index is 0.0467. The number of ether oxygens (including phenoxy) is 1. The fourth-order valence-electron chi connectivity index (χ4n) is 3.32. The van der Waals surface area contributed by atoms with Gasteiger partial charge in [0.25, 0.3) is 0 Å². The minimum Gasteiger partial charge on any atom is -0.455 e. The molecule has 0 aliphatic carbocycles. The molecule has 148 valence electrons. The lowest BCUT2D eigenvalue weighted by atomic mass is 10.1. The number of hydrogen-bond donors (Lipinski definition) is 0. The van der Waals surface area contributed by atoms with Crippen LogP contribution in [0.15, 0.2) is 59.0 Å². The smallest absolute Gasteiger partial charge is 0.338 e. The second-order valence-corrected chi connectivity index (χ2v) is 7.08. The minimum atomic E-state index is -0.419. The van der Waals surface area contributed by atoms with Gasteiger partial charge < -0.3 is 14.1 Å². The van der Waals surface area contributed by atoms with Crippen molar-refractivity contribution in [1.82, 2.24) is 9.88 Å². The maximum absolute atomic E-state index is 12.4. The molecule has 4 rings (SSSR count). The number of aryl methyl sites for hydroxylation is 1. The van der Waals surface area contributed by atoms with Crippen LogP contribution in [-0.4, -0.2) is 28.3 Å². The zero-order valence-electron chi connectivity index (χ0n) is 16.3. The zero-order valence-corrected chi connectivity index (χ0v) is 16.3. The molecule has 29 heavy (non-hydrogen) atoms. The van der Waals surface area contributed by atoms with E-state index in [1.54, 1.807) is 19.1 Å². The normalized spacial score (nSPS) is 13.7. The van der Waals surface area contributed by atoms with Crippen molar-refractivity contribution in [3.8, 4) is 11.5 Å². The Morgan fingerprint density at radius 1 is 1.14 bits per heavy atom. The standard InChI is InChI=1S/C23H22N2O4/c1-16-20(24-22(29-16)18-6-3-2-4-7-18)15-28-23(27)19-11-9-17(10-12-19)14-25-13-5-8-21(25)26/h2-4,6-7,9-12H,5,8,13-15H2,1H3. The molecule has 0 radical (unpaired) electrons. The van der Waals surface area contributed by atoms with Gasteiger partial charge in [-0.1, -0.05) is 30.3 Å². The van der Waals surface area contributed by atoms with Crippen molar-refractivity contribution in [2.24, 2.45) is 0 Å². The van der Waals surface area contributed by atoms with Crippen molar-refractivity contribution in [2.75, 3.05) is 6.54 Å². The van der Waals surface area contributed by atoms with E-state index in [1.165, 1.54) is 0 Å². The molecule has 1 aliphatic heterocycles. The van der Waals surface area contributed by atoms with Gasteiger partial charge in [-0.2, -0.15) is 0 Å². The Morgan fingerprint density at radius 3 is 2.59 bits per heavy atom. The lowest BCUT2D eigenvalue weighted by molar-refractivity contribution is -0.128. The number of hydrogen-bond acceptors (Lipinski definition) is 5. The maximum atomic E-state index is 12.4. The van der Waals surface area contributed by atoms with Crippen molar-refractivity contribution in [1.29, 1.82) is 0 Å². The second-order valence-electron chi connectivity index (χ2n) is 7.08. The van der Waals surface area contributed by atoms with Crippen LogP contribution < -0.4 is 0 Å². The maximum Gasteiger partial charge on any atom is 0.338 e. The highest BCUT2D eigenvalue weighted by molar-refractivity contribution is 5.89. The van der Waals surface area contributed by atoms with Gasteiger partial charge in [-0.05, 0) is 43.2 Å². The number of rotatable bonds is 6. The van der Waals surface area contributed by atoms with E-state index in [0.717, 1.165) is 24.1 Å². The molecule has 0 unspecified atom stereocenters. The van der Waals surface area contributed by atoms with Crippen LogP contribution in [-0.2, 0) is 22.7 Å². The number of esters is 1. The van der Waals surface area contributed by atoms with E-state index in [1.807, 2.05) is 47.4 Å². The van der Waals surface area contributed by atoms with Gasteiger partial charge >= 0.3 is 5.97 Å². The summed E-state index contributed by atoms with van der Waals surface area (Å²) in [7, 11) is 0. The lowest BCUT2D eigenvalue weighted by Gasteiger charge is -2.15. The number of carbonyl (C=O) groups is 2. The first-order chi connectivity index (χ1) is 14.1. The molecule has 0 bridgehead atoms. The van der Waals surface area contributed by atoms with Crippen molar-refractivity contribution in [3.63, 3.8) is 0 Å². The van der Waals surface area contributed by atoms with Crippen LogP contribution in [0.5, 0.6) is 0 Å². The van der Waals surface area contributed by atoms with Crippen LogP contribution in [0.3, 0.4) is 0 Å². The molecule has 2 heterocycles. The lowest BCUT2D eigenvalue weighted by Crippen LogP contribution is -2.23. The fraction of sp³-hybridized carbons (Fsp3) is 0.261. The average Bonchev–Trinajstić information content (AvgIpc) is 3.32. The Labute approximate surface area is 169 Å². The van der Waals surface area contributed by atoms with E-state index in [-0.39, 0.29) is 12.5 Å². The highest BCUT2D eigenvalue weighted by Gasteiger charge is 2.20. The molecule has 1 fully saturated rings. The molecule has 3 aromatic rings. The molecular formula is C23H22N2O4. The van der Waals surface area contributed by atoms with Crippen LogP contribution in [0.4, 0.5) is 0 Å². The Morgan fingerprint density at radius 2 is 1.90 bits per heavy atom. The first kappa shape index (κ1) is 18.9.